The van der Waals surface area contributed by atoms with E-state index < -0.39 is 33.7 Å². The average Bonchev–Trinajstić information content (AvgIpc) is 2.34. The van der Waals surface area contributed by atoms with Crippen molar-refractivity contribution in [3.8, 4) is 0 Å². The van der Waals surface area contributed by atoms with Crippen molar-refractivity contribution >= 4 is 17.6 Å². The molecule has 7 nitrogen and oxygen atoms in total. The summed E-state index contributed by atoms with van der Waals surface area (Å²) in [7, 11) is 0. The molecule has 0 aliphatic rings. The Morgan fingerprint density at radius 2 is 2.17 bits per heavy atom. The number of nitro benzene ring substituents is 1. The van der Waals surface area contributed by atoms with Gasteiger partial charge >= 0.3 is 11.9 Å². The van der Waals surface area contributed by atoms with E-state index in [4.69, 9.17) is 5.11 Å². The van der Waals surface area contributed by atoms with Crippen LogP contribution in [0, 0.1) is 10.1 Å². The zero-order valence-corrected chi connectivity index (χ0v) is 9.16. The Morgan fingerprint density at radius 3 is 2.67 bits per heavy atom. The number of hydrogen-bond donors (Lipinski definition) is 1. The average molecular weight is 251 g/mol. The number of nitrogens with zero attached hydrogens (tertiary/aromatic N) is 1. The van der Waals surface area contributed by atoms with Crippen molar-refractivity contribution in [3.05, 3.63) is 52.1 Å². The van der Waals surface area contributed by atoms with Crippen LogP contribution in [-0.4, -0.2) is 28.6 Å². The van der Waals surface area contributed by atoms with Crippen LogP contribution in [-0.2, 0) is 4.74 Å². The van der Waals surface area contributed by atoms with Crippen LogP contribution in [0.3, 0.4) is 0 Å². The summed E-state index contributed by atoms with van der Waals surface area (Å²) in [6.45, 7) is 3.15. The molecule has 0 aliphatic heterocycles. The first-order valence-corrected chi connectivity index (χ1v) is 4.77. The topological polar surface area (TPSA) is 107 Å². The second kappa shape index (κ2) is 5.58. The minimum atomic E-state index is -1.44. The molecule has 0 saturated heterocycles. The number of ether oxygens (including phenoxy) is 1. The number of carboxylic acid groups (broad SMARTS) is 1. The smallest absolute Gasteiger partial charge is 0.346 e. The van der Waals surface area contributed by atoms with Crippen molar-refractivity contribution in [2.45, 2.75) is 0 Å². The first-order valence-electron chi connectivity index (χ1n) is 4.77. The number of aromatic carboxylic acids is 1. The van der Waals surface area contributed by atoms with Gasteiger partial charge in [0.15, 0.2) is 5.56 Å². The third-order valence-electron chi connectivity index (χ3n) is 2.01. The molecule has 7 heteroatoms. The van der Waals surface area contributed by atoms with Gasteiger partial charge in [0.1, 0.15) is 6.61 Å². The van der Waals surface area contributed by atoms with E-state index in [1.54, 1.807) is 0 Å². The zero-order chi connectivity index (χ0) is 13.7. The van der Waals surface area contributed by atoms with E-state index in [0.29, 0.717) is 0 Å². The summed E-state index contributed by atoms with van der Waals surface area (Å²) < 4.78 is 4.63. The SMILES string of the molecule is C=CCOC(=O)c1c(C(=O)O)cccc1[N+](=O)[O-]. The Hall–Kier alpha value is -2.70. The van der Waals surface area contributed by atoms with Crippen LogP contribution in [0.5, 0.6) is 0 Å². The molecule has 0 aromatic heterocycles. The van der Waals surface area contributed by atoms with E-state index in [1.165, 1.54) is 12.1 Å². The van der Waals surface area contributed by atoms with Gasteiger partial charge in [-0.2, -0.15) is 0 Å². The van der Waals surface area contributed by atoms with Crippen molar-refractivity contribution in [2.75, 3.05) is 6.61 Å². The quantitative estimate of drug-likeness (QED) is 0.369. The van der Waals surface area contributed by atoms with Crippen LogP contribution in [0.1, 0.15) is 20.7 Å². The fourth-order valence-electron chi connectivity index (χ4n) is 1.29. The first kappa shape index (κ1) is 13.4. The molecule has 0 amide bonds. The summed E-state index contributed by atoms with van der Waals surface area (Å²) in [5.41, 5.74) is -1.65. The van der Waals surface area contributed by atoms with E-state index >= 15 is 0 Å². The van der Waals surface area contributed by atoms with Crippen LogP contribution < -0.4 is 0 Å². The summed E-state index contributed by atoms with van der Waals surface area (Å²) in [6.07, 6.45) is 1.27. The lowest BCUT2D eigenvalue weighted by Crippen LogP contribution is -2.14. The van der Waals surface area contributed by atoms with Gasteiger partial charge < -0.3 is 9.84 Å². The van der Waals surface area contributed by atoms with E-state index in [9.17, 15) is 19.7 Å². The summed E-state index contributed by atoms with van der Waals surface area (Å²) in [4.78, 5) is 32.5. The number of benzene rings is 1. The van der Waals surface area contributed by atoms with Crippen molar-refractivity contribution in [1.82, 2.24) is 0 Å². The van der Waals surface area contributed by atoms with E-state index in [0.717, 1.165) is 12.1 Å². The fourth-order valence-corrected chi connectivity index (χ4v) is 1.29. The maximum Gasteiger partial charge on any atom is 0.346 e. The van der Waals surface area contributed by atoms with Gasteiger partial charge in [-0.25, -0.2) is 9.59 Å². The molecule has 94 valence electrons. The molecular formula is C11H9NO6. The predicted molar refractivity (Wildman–Crippen MR) is 60.5 cm³/mol. The van der Waals surface area contributed by atoms with Crippen molar-refractivity contribution in [2.24, 2.45) is 0 Å². The third-order valence-corrected chi connectivity index (χ3v) is 2.01. The number of nitro groups is 1. The second-order valence-corrected chi connectivity index (χ2v) is 3.15. The van der Waals surface area contributed by atoms with Crippen LogP contribution in [0.2, 0.25) is 0 Å². The number of carbonyl (C=O) groups is 2. The molecule has 0 fully saturated rings. The fraction of sp³-hybridized carbons (Fsp3) is 0.0909. The Bertz CT molecular complexity index is 490. The first-order chi connectivity index (χ1) is 8.49. The van der Waals surface area contributed by atoms with Gasteiger partial charge in [-0.3, -0.25) is 10.1 Å². The monoisotopic (exact) mass is 251 g/mol. The van der Waals surface area contributed by atoms with Gasteiger partial charge in [0.05, 0.1) is 10.5 Å². The molecule has 18 heavy (non-hydrogen) atoms. The molecule has 1 N–H and O–H groups in total. The summed E-state index contributed by atoms with van der Waals surface area (Å²) in [6, 6.07) is 3.32. The molecule has 1 aromatic carbocycles. The Kier molecular flexibility index (Phi) is 4.14. The van der Waals surface area contributed by atoms with Crippen LogP contribution in [0.4, 0.5) is 5.69 Å². The Morgan fingerprint density at radius 1 is 1.50 bits per heavy atom. The molecule has 0 saturated carbocycles. The highest BCUT2D eigenvalue weighted by Gasteiger charge is 2.27. The highest BCUT2D eigenvalue weighted by atomic mass is 16.6. The summed E-state index contributed by atoms with van der Waals surface area (Å²) in [5, 5.41) is 19.7. The normalized spacial score (nSPS) is 9.56. The van der Waals surface area contributed by atoms with Gasteiger partial charge in [-0.15, -0.1) is 0 Å². The molecular weight excluding hydrogens is 242 g/mol. The second-order valence-electron chi connectivity index (χ2n) is 3.15. The zero-order valence-electron chi connectivity index (χ0n) is 9.16. The van der Waals surface area contributed by atoms with Gasteiger partial charge in [-0.05, 0) is 6.07 Å². The minimum Gasteiger partial charge on any atom is -0.478 e. The molecule has 0 bridgehead atoms. The molecule has 1 aromatic rings. The lowest BCUT2D eigenvalue weighted by Gasteiger charge is -2.06. The molecule has 0 unspecified atom stereocenters. The highest BCUT2D eigenvalue weighted by molar-refractivity contribution is 6.05. The third kappa shape index (κ3) is 2.70. The molecule has 0 spiro atoms. The van der Waals surface area contributed by atoms with Gasteiger partial charge in [0, 0.05) is 6.07 Å². The Balaban J connectivity index is 3.35. The highest BCUT2D eigenvalue weighted by Crippen LogP contribution is 2.23. The lowest BCUT2D eigenvalue weighted by molar-refractivity contribution is -0.385. The minimum absolute atomic E-state index is 0.163. The maximum atomic E-state index is 11.6. The van der Waals surface area contributed by atoms with Crippen LogP contribution >= 0.6 is 0 Å². The molecule has 0 atom stereocenters. The lowest BCUT2D eigenvalue weighted by atomic mass is 10.1. The molecule has 0 heterocycles. The number of hydrogen-bond acceptors (Lipinski definition) is 5. The standard InChI is InChI=1S/C11H9NO6/c1-2-6-18-11(15)9-7(10(13)14)4-3-5-8(9)12(16)17/h2-5H,1,6H2,(H,13,14). The van der Waals surface area contributed by atoms with Crippen LogP contribution in [0.15, 0.2) is 30.9 Å². The summed E-state index contributed by atoms with van der Waals surface area (Å²) in [5.74, 6) is -2.51. The van der Waals surface area contributed by atoms with E-state index in [2.05, 4.69) is 11.3 Å². The van der Waals surface area contributed by atoms with Crippen molar-refractivity contribution in [3.63, 3.8) is 0 Å². The van der Waals surface area contributed by atoms with E-state index in [-0.39, 0.29) is 6.61 Å². The van der Waals surface area contributed by atoms with Crippen molar-refractivity contribution in [1.29, 1.82) is 0 Å². The van der Waals surface area contributed by atoms with E-state index in [1.807, 2.05) is 0 Å². The maximum absolute atomic E-state index is 11.6. The number of esters is 1. The van der Waals surface area contributed by atoms with Crippen LogP contribution in [0.25, 0.3) is 0 Å². The summed E-state index contributed by atoms with van der Waals surface area (Å²) >= 11 is 0. The number of rotatable bonds is 5. The Labute approximate surface area is 101 Å². The molecule has 0 aliphatic carbocycles. The number of carbonyl (C=O) groups excluding carboxylic acids is 1. The van der Waals surface area contributed by atoms with Crippen molar-refractivity contribution < 1.29 is 24.4 Å². The molecule has 1 rings (SSSR count). The number of carboxylic acids is 1. The predicted octanol–water partition coefficient (Wildman–Crippen LogP) is 1.64. The van der Waals surface area contributed by atoms with Gasteiger partial charge in [-0.1, -0.05) is 18.7 Å². The molecule has 0 radical (unpaired) electrons. The van der Waals surface area contributed by atoms with Gasteiger partial charge in [0.2, 0.25) is 0 Å². The van der Waals surface area contributed by atoms with Gasteiger partial charge in [0.25, 0.3) is 5.69 Å². The largest absolute Gasteiger partial charge is 0.478 e.